The maximum atomic E-state index is 5.53. The molecule has 2 N–H and O–H groups in total. The van der Waals surface area contributed by atoms with E-state index in [9.17, 15) is 0 Å². The fraction of sp³-hybridized carbons (Fsp3) is 0.400. The second-order valence-corrected chi connectivity index (χ2v) is 2.14. The van der Waals surface area contributed by atoms with Crippen LogP contribution in [0.3, 0.4) is 0 Å². The molecule has 0 bridgehead atoms. The van der Waals surface area contributed by atoms with Crippen LogP contribution in [0.5, 0.6) is 0 Å². The van der Waals surface area contributed by atoms with Gasteiger partial charge in [-0.05, 0) is 6.42 Å². The van der Waals surface area contributed by atoms with Gasteiger partial charge in [0.25, 0.3) is 0 Å². The molecule has 0 radical (unpaired) electrons. The molecule has 1 aromatic heterocycles. The Morgan fingerprint density at radius 2 is 2.56 bits per heavy atom. The Morgan fingerprint density at radius 1 is 1.89 bits per heavy atom. The number of hydrogen-bond acceptors (Lipinski definition) is 2. The monoisotopic (exact) mass is 145 g/mol. The SMILES string of the molecule is CCc1cc(Cl)nn1N. The van der Waals surface area contributed by atoms with Crippen LogP contribution in [0, 0.1) is 0 Å². The molecule has 0 saturated carbocycles. The predicted octanol–water partition coefficient (Wildman–Crippen LogP) is 0.813. The molecule has 0 aromatic carbocycles. The van der Waals surface area contributed by atoms with Crippen LogP contribution in [0.1, 0.15) is 12.6 Å². The average molecular weight is 146 g/mol. The van der Waals surface area contributed by atoms with Crippen molar-refractivity contribution < 1.29 is 0 Å². The van der Waals surface area contributed by atoms with E-state index < -0.39 is 0 Å². The van der Waals surface area contributed by atoms with Crippen molar-refractivity contribution in [3.05, 3.63) is 16.9 Å². The maximum Gasteiger partial charge on any atom is 0.153 e. The number of nitrogens with zero attached hydrogens (tertiary/aromatic N) is 2. The molecule has 0 aliphatic rings. The summed E-state index contributed by atoms with van der Waals surface area (Å²) in [6.07, 6.45) is 0.857. The predicted molar refractivity (Wildman–Crippen MR) is 36.8 cm³/mol. The van der Waals surface area contributed by atoms with E-state index in [1.165, 1.54) is 4.79 Å². The third kappa shape index (κ3) is 1.16. The Kier molecular flexibility index (Phi) is 1.62. The Bertz CT molecular complexity index is 206. The largest absolute Gasteiger partial charge is 0.323 e. The molecule has 0 unspecified atom stereocenters. The lowest BCUT2D eigenvalue weighted by molar-refractivity contribution is 0.773. The van der Waals surface area contributed by atoms with Crippen LogP contribution in [-0.4, -0.2) is 9.89 Å². The highest BCUT2D eigenvalue weighted by molar-refractivity contribution is 6.29. The van der Waals surface area contributed by atoms with E-state index in [0.29, 0.717) is 5.15 Å². The van der Waals surface area contributed by atoms with Crippen molar-refractivity contribution in [3.8, 4) is 0 Å². The first kappa shape index (κ1) is 6.42. The van der Waals surface area contributed by atoms with Crippen molar-refractivity contribution in [1.82, 2.24) is 9.89 Å². The number of aromatic nitrogens is 2. The number of rotatable bonds is 1. The molecule has 0 atom stereocenters. The van der Waals surface area contributed by atoms with Gasteiger partial charge in [0.05, 0.1) is 5.69 Å². The van der Waals surface area contributed by atoms with Gasteiger partial charge < -0.3 is 5.84 Å². The average Bonchev–Trinajstić information content (AvgIpc) is 2.10. The summed E-state index contributed by atoms with van der Waals surface area (Å²) in [6.45, 7) is 2.00. The van der Waals surface area contributed by atoms with Crippen molar-refractivity contribution in [2.45, 2.75) is 13.3 Å². The van der Waals surface area contributed by atoms with E-state index in [1.54, 1.807) is 6.07 Å². The van der Waals surface area contributed by atoms with Gasteiger partial charge in [-0.2, -0.15) is 4.79 Å². The van der Waals surface area contributed by atoms with E-state index in [4.69, 9.17) is 17.4 Å². The molecule has 50 valence electrons. The van der Waals surface area contributed by atoms with Gasteiger partial charge in [0.1, 0.15) is 0 Å². The molecular formula is C5H8ClN3. The molecule has 0 aliphatic heterocycles. The van der Waals surface area contributed by atoms with E-state index in [1.807, 2.05) is 6.92 Å². The molecule has 1 heterocycles. The third-order valence-electron chi connectivity index (χ3n) is 1.15. The van der Waals surface area contributed by atoms with E-state index >= 15 is 0 Å². The zero-order valence-corrected chi connectivity index (χ0v) is 5.89. The molecular weight excluding hydrogens is 138 g/mol. The number of nitrogens with two attached hydrogens (primary N) is 1. The van der Waals surface area contributed by atoms with Crippen LogP contribution in [0.2, 0.25) is 5.15 Å². The van der Waals surface area contributed by atoms with Crippen molar-refractivity contribution in [3.63, 3.8) is 0 Å². The van der Waals surface area contributed by atoms with E-state index in [-0.39, 0.29) is 0 Å². The topological polar surface area (TPSA) is 43.8 Å². The van der Waals surface area contributed by atoms with Crippen LogP contribution in [0.25, 0.3) is 0 Å². The normalized spacial score (nSPS) is 10.0. The Balaban J connectivity index is 3.01. The van der Waals surface area contributed by atoms with Crippen molar-refractivity contribution >= 4 is 11.6 Å². The third-order valence-corrected chi connectivity index (χ3v) is 1.33. The zero-order valence-electron chi connectivity index (χ0n) is 5.13. The molecule has 3 nitrogen and oxygen atoms in total. The maximum absolute atomic E-state index is 5.53. The highest BCUT2D eigenvalue weighted by Crippen LogP contribution is 2.06. The summed E-state index contributed by atoms with van der Waals surface area (Å²) < 4.78 is 0. The Morgan fingerprint density at radius 3 is 2.78 bits per heavy atom. The number of hydrogen-bond donors (Lipinski definition) is 1. The van der Waals surface area contributed by atoms with Gasteiger partial charge in [0.15, 0.2) is 5.15 Å². The standard InChI is InChI=1S/C5H8ClN3/c1-2-4-3-5(6)8-9(4)7/h3H,2,7H2,1H3. The molecule has 0 amide bonds. The lowest BCUT2D eigenvalue weighted by Crippen LogP contribution is -2.12. The van der Waals surface area contributed by atoms with Gasteiger partial charge in [-0.1, -0.05) is 18.5 Å². The van der Waals surface area contributed by atoms with Gasteiger partial charge in [0.2, 0.25) is 0 Å². The van der Waals surface area contributed by atoms with E-state index in [0.717, 1.165) is 12.1 Å². The molecule has 9 heavy (non-hydrogen) atoms. The van der Waals surface area contributed by atoms with Crippen LogP contribution in [0.4, 0.5) is 0 Å². The smallest absolute Gasteiger partial charge is 0.153 e. The van der Waals surface area contributed by atoms with Gasteiger partial charge in [-0.25, -0.2) is 0 Å². The number of halogens is 1. The summed E-state index contributed by atoms with van der Waals surface area (Å²) in [7, 11) is 0. The van der Waals surface area contributed by atoms with Crippen LogP contribution < -0.4 is 5.84 Å². The summed E-state index contributed by atoms with van der Waals surface area (Å²) in [5, 5.41) is 4.19. The lowest BCUT2D eigenvalue weighted by atomic mass is 10.3. The first-order chi connectivity index (χ1) is 4.24. The first-order valence-electron chi connectivity index (χ1n) is 2.73. The van der Waals surface area contributed by atoms with Gasteiger partial charge in [0, 0.05) is 6.07 Å². The fourth-order valence-corrected chi connectivity index (χ4v) is 0.871. The molecule has 4 heteroatoms. The summed E-state index contributed by atoms with van der Waals surface area (Å²) in [5.74, 6) is 5.37. The van der Waals surface area contributed by atoms with Crippen molar-refractivity contribution in [2.75, 3.05) is 5.84 Å². The Labute approximate surface area is 58.4 Å². The molecule has 1 rings (SSSR count). The Hall–Kier alpha value is -0.700. The number of nitrogen functional groups attached to an aromatic ring is 1. The van der Waals surface area contributed by atoms with E-state index in [2.05, 4.69) is 5.10 Å². The summed E-state index contributed by atoms with van der Waals surface area (Å²) in [4.78, 5) is 1.29. The number of aryl methyl sites for hydroxylation is 1. The fourth-order valence-electron chi connectivity index (χ4n) is 0.664. The highest BCUT2D eigenvalue weighted by Gasteiger charge is 1.98. The summed E-state index contributed by atoms with van der Waals surface area (Å²) in [6, 6.07) is 1.75. The lowest BCUT2D eigenvalue weighted by Gasteiger charge is -1.92. The molecule has 0 saturated heterocycles. The summed E-state index contributed by atoms with van der Waals surface area (Å²) in [5.41, 5.74) is 0.944. The minimum Gasteiger partial charge on any atom is -0.323 e. The van der Waals surface area contributed by atoms with Gasteiger partial charge in [-0.15, -0.1) is 5.10 Å². The van der Waals surface area contributed by atoms with Crippen LogP contribution >= 0.6 is 11.6 Å². The highest BCUT2D eigenvalue weighted by atomic mass is 35.5. The van der Waals surface area contributed by atoms with Crippen LogP contribution in [-0.2, 0) is 6.42 Å². The van der Waals surface area contributed by atoms with Crippen molar-refractivity contribution in [2.24, 2.45) is 0 Å². The summed E-state index contributed by atoms with van der Waals surface area (Å²) >= 11 is 5.53. The molecule has 1 aromatic rings. The zero-order chi connectivity index (χ0) is 6.85. The minimum absolute atomic E-state index is 0.453. The second-order valence-electron chi connectivity index (χ2n) is 1.76. The molecule has 0 spiro atoms. The van der Waals surface area contributed by atoms with Gasteiger partial charge in [-0.3, -0.25) is 0 Å². The minimum atomic E-state index is 0.453. The second kappa shape index (κ2) is 2.27. The molecule has 0 aliphatic carbocycles. The van der Waals surface area contributed by atoms with Crippen molar-refractivity contribution in [1.29, 1.82) is 0 Å². The molecule has 0 fully saturated rings. The quantitative estimate of drug-likeness (QED) is 0.595. The van der Waals surface area contributed by atoms with Crippen LogP contribution in [0.15, 0.2) is 6.07 Å². The van der Waals surface area contributed by atoms with Gasteiger partial charge >= 0.3 is 0 Å². The first-order valence-corrected chi connectivity index (χ1v) is 3.11.